The lowest BCUT2D eigenvalue weighted by molar-refractivity contribution is -0.118. The number of amides is 1. The van der Waals surface area contributed by atoms with E-state index in [1.165, 1.54) is 19.3 Å². The van der Waals surface area contributed by atoms with Crippen LogP contribution in [0, 0.1) is 5.41 Å². The zero-order valence-corrected chi connectivity index (χ0v) is 13.3. The molecule has 1 aromatic heterocycles. The van der Waals surface area contributed by atoms with Crippen molar-refractivity contribution in [1.29, 1.82) is 0 Å². The fraction of sp³-hybridized carbons (Fsp3) is 0.444. The number of carbonyl (C=O) groups is 1. The first-order chi connectivity index (χ1) is 11.2. The summed E-state index contributed by atoms with van der Waals surface area (Å²) in [6, 6.07) is 9.71. The van der Waals surface area contributed by atoms with Crippen LogP contribution in [-0.2, 0) is 4.79 Å². The van der Waals surface area contributed by atoms with Crippen LogP contribution in [0.15, 0.2) is 36.5 Å². The molecule has 4 N–H and O–H groups in total. The fourth-order valence-electron chi connectivity index (χ4n) is 3.48. The summed E-state index contributed by atoms with van der Waals surface area (Å²) in [5.41, 5.74) is 8.72. The van der Waals surface area contributed by atoms with Crippen molar-refractivity contribution in [2.24, 2.45) is 11.1 Å². The van der Waals surface area contributed by atoms with Gasteiger partial charge in [-0.25, -0.2) is 0 Å². The number of nitrogens with one attached hydrogen (secondary N) is 2. The first kappa shape index (κ1) is 15.7. The fourth-order valence-corrected chi connectivity index (χ4v) is 3.48. The zero-order chi connectivity index (χ0) is 16.1. The minimum absolute atomic E-state index is 0.0106. The Balaban J connectivity index is 1.67. The van der Waals surface area contributed by atoms with Gasteiger partial charge < -0.3 is 11.1 Å². The Bertz CT molecular complexity index is 645. The number of nitrogens with two attached hydrogens (primary N) is 1. The van der Waals surface area contributed by atoms with E-state index >= 15 is 0 Å². The molecule has 1 heterocycles. The van der Waals surface area contributed by atoms with Crippen molar-refractivity contribution in [3.63, 3.8) is 0 Å². The van der Waals surface area contributed by atoms with Gasteiger partial charge in [0.25, 0.3) is 0 Å². The van der Waals surface area contributed by atoms with Crippen LogP contribution in [0.25, 0.3) is 11.3 Å². The number of aromatic amines is 1. The summed E-state index contributed by atoms with van der Waals surface area (Å²) in [7, 11) is 0. The van der Waals surface area contributed by atoms with Crippen LogP contribution in [0.1, 0.15) is 38.5 Å². The van der Waals surface area contributed by atoms with Gasteiger partial charge in [-0.3, -0.25) is 9.89 Å². The van der Waals surface area contributed by atoms with Gasteiger partial charge in [-0.15, -0.1) is 0 Å². The summed E-state index contributed by atoms with van der Waals surface area (Å²) in [5.74, 6) is 0.0547. The van der Waals surface area contributed by atoms with Gasteiger partial charge in [-0.2, -0.15) is 5.10 Å². The minimum Gasteiger partial charge on any atom is -0.330 e. The number of benzene rings is 1. The molecule has 0 unspecified atom stereocenters. The molecule has 0 saturated heterocycles. The van der Waals surface area contributed by atoms with Crippen molar-refractivity contribution in [2.45, 2.75) is 38.5 Å². The van der Waals surface area contributed by atoms with E-state index in [1.807, 2.05) is 30.3 Å². The standard InChI is InChI=1S/C18H24N4O/c19-13-18(8-2-1-3-9-18)12-17(23)21-15-6-4-5-14(11-15)16-7-10-20-22-16/h4-7,10-11H,1-3,8-9,12-13,19H2,(H,20,22)(H,21,23). The minimum atomic E-state index is -0.0106. The maximum absolute atomic E-state index is 12.5. The molecule has 0 radical (unpaired) electrons. The van der Waals surface area contributed by atoms with E-state index in [1.54, 1.807) is 6.20 Å². The summed E-state index contributed by atoms with van der Waals surface area (Å²) in [6.07, 6.45) is 7.97. The molecule has 5 heteroatoms. The van der Waals surface area contributed by atoms with E-state index in [4.69, 9.17) is 5.73 Å². The van der Waals surface area contributed by atoms with Crippen molar-refractivity contribution < 1.29 is 4.79 Å². The first-order valence-corrected chi connectivity index (χ1v) is 8.31. The van der Waals surface area contributed by atoms with Crippen molar-refractivity contribution in [3.05, 3.63) is 36.5 Å². The van der Waals surface area contributed by atoms with Crippen molar-refractivity contribution in [2.75, 3.05) is 11.9 Å². The molecule has 3 rings (SSSR count). The van der Waals surface area contributed by atoms with Crippen molar-refractivity contribution in [1.82, 2.24) is 10.2 Å². The maximum atomic E-state index is 12.5. The van der Waals surface area contributed by atoms with E-state index in [2.05, 4.69) is 15.5 Å². The molecule has 2 aromatic rings. The average Bonchev–Trinajstić information content (AvgIpc) is 3.10. The number of anilines is 1. The molecular formula is C18H24N4O. The average molecular weight is 312 g/mol. The highest BCUT2D eigenvalue weighted by molar-refractivity contribution is 5.91. The monoisotopic (exact) mass is 312 g/mol. The van der Waals surface area contributed by atoms with Crippen LogP contribution in [0.2, 0.25) is 0 Å². The molecule has 23 heavy (non-hydrogen) atoms. The van der Waals surface area contributed by atoms with Crippen LogP contribution in [-0.4, -0.2) is 22.6 Å². The predicted octanol–water partition coefficient (Wildman–Crippen LogP) is 3.31. The summed E-state index contributed by atoms with van der Waals surface area (Å²) in [4.78, 5) is 12.5. The highest BCUT2D eigenvalue weighted by atomic mass is 16.1. The summed E-state index contributed by atoms with van der Waals surface area (Å²) in [5, 5.41) is 9.92. The van der Waals surface area contributed by atoms with Gasteiger partial charge in [0.05, 0.1) is 5.69 Å². The second-order valence-corrected chi connectivity index (χ2v) is 6.54. The van der Waals surface area contributed by atoms with Crippen LogP contribution in [0.5, 0.6) is 0 Å². The topological polar surface area (TPSA) is 83.8 Å². The summed E-state index contributed by atoms with van der Waals surface area (Å²) in [6.45, 7) is 0.592. The molecule has 0 spiro atoms. The van der Waals surface area contributed by atoms with Gasteiger partial charge in [0, 0.05) is 23.9 Å². The molecule has 1 aromatic carbocycles. The summed E-state index contributed by atoms with van der Waals surface area (Å²) >= 11 is 0. The molecule has 1 amide bonds. The highest BCUT2D eigenvalue weighted by Gasteiger charge is 2.32. The number of hydrogen-bond donors (Lipinski definition) is 3. The normalized spacial score (nSPS) is 16.9. The molecule has 0 atom stereocenters. The predicted molar refractivity (Wildman–Crippen MR) is 91.8 cm³/mol. The second kappa shape index (κ2) is 6.96. The molecule has 1 saturated carbocycles. The molecular weight excluding hydrogens is 288 g/mol. The SMILES string of the molecule is NCC1(CC(=O)Nc2cccc(-c3ccn[nH]3)c2)CCCCC1. The molecule has 1 aliphatic rings. The van der Waals surface area contributed by atoms with E-state index in [0.29, 0.717) is 13.0 Å². The Hall–Kier alpha value is -2.14. The van der Waals surface area contributed by atoms with E-state index < -0.39 is 0 Å². The maximum Gasteiger partial charge on any atom is 0.224 e. The Morgan fingerprint density at radius 3 is 2.78 bits per heavy atom. The third-order valence-electron chi connectivity index (χ3n) is 4.84. The van der Waals surface area contributed by atoms with Gasteiger partial charge >= 0.3 is 0 Å². The largest absolute Gasteiger partial charge is 0.330 e. The quantitative estimate of drug-likeness (QED) is 0.792. The number of nitrogens with zero attached hydrogens (tertiary/aromatic N) is 1. The molecule has 122 valence electrons. The molecule has 5 nitrogen and oxygen atoms in total. The number of rotatable bonds is 5. The van der Waals surface area contributed by atoms with E-state index in [0.717, 1.165) is 29.8 Å². The third kappa shape index (κ3) is 3.79. The highest BCUT2D eigenvalue weighted by Crippen LogP contribution is 2.38. The number of hydrogen-bond acceptors (Lipinski definition) is 3. The molecule has 0 bridgehead atoms. The number of carbonyl (C=O) groups excluding carboxylic acids is 1. The third-order valence-corrected chi connectivity index (χ3v) is 4.84. The van der Waals surface area contributed by atoms with Gasteiger partial charge in [-0.1, -0.05) is 31.4 Å². The molecule has 1 aliphatic carbocycles. The van der Waals surface area contributed by atoms with E-state index in [9.17, 15) is 4.79 Å². The van der Waals surface area contributed by atoms with Crippen LogP contribution in [0.4, 0.5) is 5.69 Å². The van der Waals surface area contributed by atoms with Crippen LogP contribution in [0.3, 0.4) is 0 Å². The lowest BCUT2D eigenvalue weighted by Gasteiger charge is -2.35. The van der Waals surface area contributed by atoms with Crippen LogP contribution < -0.4 is 11.1 Å². The Morgan fingerprint density at radius 1 is 1.26 bits per heavy atom. The smallest absolute Gasteiger partial charge is 0.224 e. The Kier molecular flexibility index (Phi) is 4.76. The Morgan fingerprint density at radius 2 is 2.09 bits per heavy atom. The molecule has 1 fully saturated rings. The zero-order valence-electron chi connectivity index (χ0n) is 13.3. The Labute approximate surface area is 136 Å². The second-order valence-electron chi connectivity index (χ2n) is 6.54. The van der Waals surface area contributed by atoms with Gasteiger partial charge in [0.2, 0.25) is 5.91 Å². The van der Waals surface area contributed by atoms with Crippen molar-refractivity contribution in [3.8, 4) is 11.3 Å². The van der Waals surface area contributed by atoms with Gasteiger partial charge in [0.1, 0.15) is 0 Å². The number of H-pyrrole nitrogens is 1. The summed E-state index contributed by atoms with van der Waals surface area (Å²) < 4.78 is 0. The first-order valence-electron chi connectivity index (χ1n) is 8.31. The number of aromatic nitrogens is 2. The van der Waals surface area contributed by atoms with Gasteiger partial charge in [-0.05, 0) is 43.0 Å². The van der Waals surface area contributed by atoms with Crippen molar-refractivity contribution >= 4 is 11.6 Å². The lowest BCUT2D eigenvalue weighted by Crippen LogP contribution is -2.36. The lowest BCUT2D eigenvalue weighted by atomic mass is 9.71. The van der Waals surface area contributed by atoms with E-state index in [-0.39, 0.29) is 11.3 Å². The van der Waals surface area contributed by atoms with Crippen LogP contribution >= 0.6 is 0 Å². The molecule has 0 aliphatic heterocycles. The van der Waals surface area contributed by atoms with Gasteiger partial charge in [0.15, 0.2) is 0 Å².